The molecule has 0 saturated heterocycles. The Kier molecular flexibility index (Phi) is 6.76. The Bertz CT molecular complexity index is 758. The van der Waals surface area contributed by atoms with Crippen LogP contribution in [0.3, 0.4) is 0 Å². The normalized spacial score (nSPS) is 10.8. The van der Waals surface area contributed by atoms with E-state index in [2.05, 4.69) is 15.5 Å². The third-order valence-corrected chi connectivity index (χ3v) is 4.11. The lowest BCUT2D eigenvalue weighted by Gasteiger charge is -2.11. The number of hydrogen-bond donors (Lipinski definition) is 2. The first-order valence-corrected chi connectivity index (χ1v) is 8.82. The summed E-state index contributed by atoms with van der Waals surface area (Å²) in [4.78, 5) is 16.5. The molecule has 1 amide bonds. The number of hydrazone groups is 1. The summed E-state index contributed by atoms with van der Waals surface area (Å²) < 4.78 is 11.2. The van der Waals surface area contributed by atoms with E-state index in [0.29, 0.717) is 40.4 Å². The first-order valence-electron chi connectivity index (χ1n) is 8.01. The zero-order valence-corrected chi connectivity index (χ0v) is 15.4. The average molecular weight is 362 g/mol. The minimum atomic E-state index is -0.337. The molecule has 0 spiro atoms. The van der Waals surface area contributed by atoms with Gasteiger partial charge in [-0.05, 0) is 44.0 Å². The number of nitrogen functional groups attached to an aromatic ring is 1. The van der Waals surface area contributed by atoms with E-state index in [1.807, 2.05) is 32.0 Å². The smallest absolute Gasteiger partial charge is 0.283 e. The van der Waals surface area contributed by atoms with Gasteiger partial charge in [0.25, 0.3) is 5.91 Å². The highest BCUT2D eigenvalue weighted by molar-refractivity contribution is 7.17. The van der Waals surface area contributed by atoms with Crippen LogP contribution >= 0.6 is 11.3 Å². The van der Waals surface area contributed by atoms with Gasteiger partial charge in [-0.15, -0.1) is 0 Å². The van der Waals surface area contributed by atoms with Gasteiger partial charge in [-0.25, -0.2) is 10.4 Å². The van der Waals surface area contributed by atoms with Crippen molar-refractivity contribution in [1.82, 2.24) is 10.4 Å². The molecule has 25 heavy (non-hydrogen) atoms. The number of amides is 1. The summed E-state index contributed by atoms with van der Waals surface area (Å²) in [6.07, 6.45) is 2.45. The number of thiazole rings is 1. The van der Waals surface area contributed by atoms with Crippen molar-refractivity contribution in [3.63, 3.8) is 0 Å². The predicted octanol–water partition coefficient (Wildman–Crippen LogP) is 2.99. The Morgan fingerprint density at radius 1 is 1.36 bits per heavy atom. The number of nitrogens with one attached hydrogen (secondary N) is 1. The fraction of sp³-hybridized carbons (Fsp3) is 0.353. The van der Waals surface area contributed by atoms with Gasteiger partial charge in [-0.3, -0.25) is 4.79 Å². The number of nitrogens with zero attached hydrogens (tertiary/aromatic N) is 2. The molecule has 2 rings (SSSR count). The maximum atomic E-state index is 12.1. The van der Waals surface area contributed by atoms with Crippen LogP contribution in [-0.4, -0.2) is 30.3 Å². The Morgan fingerprint density at radius 3 is 2.80 bits per heavy atom. The predicted molar refractivity (Wildman–Crippen MR) is 99.7 cm³/mol. The largest absolute Gasteiger partial charge is 0.490 e. The van der Waals surface area contributed by atoms with E-state index in [1.165, 1.54) is 0 Å². The van der Waals surface area contributed by atoms with Gasteiger partial charge < -0.3 is 15.2 Å². The lowest BCUT2D eigenvalue weighted by Crippen LogP contribution is -2.17. The number of carbonyl (C=O) groups is 1. The number of rotatable bonds is 8. The van der Waals surface area contributed by atoms with E-state index in [0.717, 1.165) is 23.3 Å². The van der Waals surface area contributed by atoms with Gasteiger partial charge in [0.05, 0.1) is 25.1 Å². The van der Waals surface area contributed by atoms with E-state index < -0.39 is 0 Å². The summed E-state index contributed by atoms with van der Waals surface area (Å²) >= 11 is 1.13. The highest BCUT2D eigenvalue weighted by atomic mass is 32.1. The van der Waals surface area contributed by atoms with Crippen LogP contribution in [0, 0.1) is 6.92 Å². The molecular weight excluding hydrogens is 340 g/mol. The zero-order valence-electron chi connectivity index (χ0n) is 14.5. The summed E-state index contributed by atoms with van der Waals surface area (Å²) in [5.74, 6) is 1.01. The number of carbonyl (C=O) groups excluding carboxylic acids is 1. The van der Waals surface area contributed by atoms with Crippen LogP contribution < -0.4 is 20.6 Å². The van der Waals surface area contributed by atoms with E-state index >= 15 is 0 Å². The number of aryl methyl sites for hydroxylation is 1. The van der Waals surface area contributed by atoms with Crippen molar-refractivity contribution in [2.75, 3.05) is 18.9 Å². The minimum Gasteiger partial charge on any atom is -0.490 e. The van der Waals surface area contributed by atoms with Gasteiger partial charge in [0.15, 0.2) is 16.6 Å². The van der Waals surface area contributed by atoms with Crippen LogP contribution in [0.2, 0.25) is 0 Å². The Hall–Kier alpha value is -2.61. The molecule has 0 aliphatic rings. The molecule has 1 aromatic heterocycles. The quantitative estimate of drug-likeness (QED) is 0.555. The molecule has 0 fully saturated rings. The summed E-state index contributed by atoms with van der Waals surface area (Å²) in [6, 6.07) is 5.49. The first-order chi connectivity index (χ1) is 12.0. The van der Waals surface area contributed by atoms with Gasteiger partial charge in [0.2, 0.25) is 0 Å². The summed E-state index contributed by atoms with van der Waals surface area (Å²) in [7, 11) is 0. The zero-order chi connectivity index (χ0) is 18.2. The molecule has 0 atom stereocenters. The molecule has 0 radical (unpaired) electrons. The van der Waals surface area contributed by atoms with E-state index in [-0.39, 0.29) is 5.91 Å². The maximum absolute atomic E-state index is 12.1. The molecule has 1 heterocycles. The van der Waals surface area contributed by atoms with Crippen molar-refractivity contribution in [3.05, 3.63) is 34.3 Å². The fourth-order valence-electron chi connectivity index (χ4n) is 2.05. The molecular formula is C17H22N4O3S. The van der Waals surface area contributed by atoms with Crippen LogP contribution in [0.4, 0.5) is 5.13 Å². The van der Waals surface area contributed by atoms with E-state index in [1.54, 1.807) is 13.1 Å². The molecule has 1 aromatic carbocycles. The maximum Gasteiger partial charge on any atom is 0.283 e. The Morgan fingerprint density at radius 2 is 2.16 bits per heavy atom. The molecule has 134 valence electrons. The molecule has 0 saturated carbocycles. The van der Waals surface area contributed by atoms with Gasteiger partial charge in [0.1, 0.15) is 4.88 Å². The van der Waals surface area contributed by atoms with Crippen LogP contribution in [0.25, 0.3) is 0 Å². The van der Waals surface area contributed by atoms with Crippen LogP contribution in [0.1, 0.15) is 41.2 Å². The SMILES string of the molecule is CCCOc1cc(/C=N/NC(=O)c2sc(N)nc2C)ccc1OCC. The molecule has 8 heteroatoms. The van der Waals surface area contributed by atoms with Crippen LogP contribution in [0.5, 0.6) is 11.5 Å². The second kappa shape index (κ2) is 9.03. The van der Waals surface area contributed by atoms with Crippen molar-refractivity contribution in [1.29, 1.82) is 0 Å². The number of aromatic nitrogens is 1. The number of benzene rings is 1. The first kappa shape index (κ1) is 18.7. The van der Waals surface area contributed by atoms with Crippen molar-refractivity contribution in [2.24, 2.45) is 5.10 Å². The molecule has 0 unspecified atom stereocenters. The summed E-state index contributed by atoms with van der Waals surface area (Å²) in [5.41, 5.74) is 9.45. The topological polar surface area (TPSA) is 98.8 Å². The molecule has 7 nitrogen and oxygen atoms in total. The standard InChI is InChI=1S/C17H22N4O3S/c1-4-8-24-14-9-12(6-7-13(14)23-5-2)10-19-21-16(22)15-11(3)20-17(18)25-15/h6-7,9-10H,4-5,8H2,1-3H3,(H2,18,20)(H,21,22)/b19-10+. The van der Waals surface area contributed by atoms with Gasteiger partial charge in [-0.2, -0.15) is 5.10 Å². The van der Waals surface area contributed by atoms with Crippen molar-refractivity contribution in [3.8, 4) is 11.5 Å². The Balaban J connectivity index is 2.06. The lowest BCUT2D eigenvalue weighted by atomic mass is 10.2. The lowest BCUT2D eigenvalue weighted by molar-refractivity contribution is 0.0958. The summed E-state index contributed by atoms with van der Waals surface area (Å²) in [6.45, 7) is 6.85. The highest BCUT2D eigenvalue weighted by Gasteiger charge is 2.13. The second-order valence-electron chi connectivity index (χ2n) is 5.15. The van der Waals surface area contributed by atoms with Gasteiger partial charge >= 0.3 is 0 Å². The molecule has 0 aliphatic heterocycles. The van der Waals surface area contributed by atoms with Gasteiger partial charge in [0, 0.05) is 0 Å². The molecule has 3 N–H and O–H groups in total. The molecule has 0 bridgehead atoms. The monoisotopic (exact) mass is 362 g/mol. The van der Waals surface area contributed by atoms with E-state index in [4.69, 9.17) is 15.2 Å². The minimum absolute atomic E-state index is 0.337. The van der Waals surface area contributed by atoms with E-state index in [9.17, 15) is 4.79 Å². The van der Waals surface area contributed by atoms with Crippen molar-refractivity contribution in [2.45, 2.75) is 27.2 Å². The van der Waals surface area contributed by atoms with Crippen LogP contribution in [-0.2, 0) is 0 Å². The third-order valence-electron chi connectivity index (χ3n) is 3.13. The average Bonchev–Trinajstić information content (AvgIpc) is 2.93. The van der Waals surface area contributed by atoms with Gasteiger partial charge in [-0.1, -0.05) is 18.3 Å². The van der Waals surface area contributed by atoms with Crippen molar-refractivity contribution >= 4 is 28.6 Å². The Labute approximate surface area is 150 Å². The third kappa shape index (κ3) is 5.18. The number of hydrogen-bond acceptors (Lipinski definition) is 7. The number of nitrogens with two attached hydrogens (primary N) is 1. The second-order valence-corrected chi connectivity index (χ2v) is 6.18. The summed E-state index contributed by atoms with van der Waals surface area (Å²) in [5, 5.41) is 4.34. The molecule has 2 aromatic rings. The number of ether oxygens (including phenoxy) is 2. The number of anilines is 1. The molecule has 0 aliphatic carbocycles. The highest BCUT2D eigenvalue weighted by Crippen LogP contribution is 2.28. The van der Waals surface area contributed by atoms with Crippen molar-refractivity contribution < 1.29 is 14.3 Å². The fourth-order valence-corrected chi connectivity index (χ4v) is 2.77. The van der Waals surface area contributed by atoms with Crippen LogP contribution in [0.15, 0.2) is 23.3 Å².